The summed E-state index contributed by atoms with van der Waals surface area (Å²) < 4.78 is 6.38. The van der Waals surface area contributed by atoms with E-state index in [-0.39, 0.29) is 5.75 Å². The van der Waals surface area contributed by atoms with Crippen LogP contribution >= 0.6 is 0 Å². The second-order valence-electron chi connectivity index (χ2n) is 11.2. The van der Waals surface area contributed by atoms with E-state index in [0.717, 1.165) is 60.8 Å². The van der Waals surface area contributed by atoms with Crippen LogP contribution in [-0.4, -0.2) is 10.1 Å². The van der Waals surface area contributed by atoms with E-state index in [4.69, 9.17) is 9.40 Å². The third-order valence-corrected chi connectivity index (χ3v) is 8.77. The van der Waals surface area contributed by atoms with Crippen molar-refractivity contribution in [3.63, 3.8) is 0 Å². The number of furan rings is 1. The van der Waals surface area contributed by atoms with E-state index in [1.54, 1.807) is 6.07 Å². The van der Waals surface area contributed by atoms with Gasteiger partial charge in [-0.1, -0.05) is 115 Å². The first-order valence-corrected chi connectivity index (χ1v) is 14.8. The molecule has 0 aliphatic carbocycles. The number of rotatable bonds is 3. The van der Waals surface area contributed by atoms with Crippen molar-refractivity contribution >= 4 is 54.3 Å². The van der Waals surface area contributed by atoms with Crippen molar-refractivity contribution in [1.82, 2.24) is 4.98 Å². The number of phenols is 1. The van der Waals surface area contributed by atoms with Crippen molar-refractivity contribution < 1.29 is 9.52 Å². The molecule has 3 nitrogen and oxygen atoms in total. The van der Waals surface area contributed by atoms with Crippen molar-refractivity contribution in [2.75, 3.05) is 0 Å². The molecule has 44 heavy (non-hydrogen) atoms. The van der Waals surface area contributed by atoms with E-state index in [1.165, 1.54) is 21.5 Å². The van der Waals surface area contributed by atoms with E-state index in [1.807, 2.05) is 30.3 Å². The highest BCUT2D eigenvalue weighted by atomic mass is 16.4. The smallest absolute Gasteiger partial charge is 0.177 e. The van der Waals surface area contributed by atoms with Gasteiger partial charge in [0.05, 0.1) is 11.4 Å². The molecule has 0 amide bonds. The quantitative estimate of drug-likeness (QED) is 0.218. The first-order valence-electron chi connectivity index (χ1n) is 14.8. The number of aromatic hydroxyl groups is 1. The molecule has 0 atom stereocenters. The van der Waals surface area contributed by atoms with Gasteiger partial charge in [0.15, 0.2) is 11.3 Å². The molecule has 0 saturated carbocycles. The highest BCUT2D eigenvalue weighted by molar-refractivity contribution is 6.25. The third-order valence-electron chi connectivity index (χ3n) is 8.77. The molecule has 0 bridgehead atoms. The molecule has 0 unspecified atom stereocenters. The van der Waals surface area contributed by atoms with Crippen LogP contribution in [0.15, 0.2) is 150 Å². The maximum atomic E-state index is 10.6. The Morgan fingerprint density at radius 3 is 1.68 bits per heavy atom. The number of benzene rings is 7. The molecule has 0 aliphatic heterocycles. The van der Waals surface area contributed by atoms with Crippen LogP contribution in [0.4, 0.5) is 0 Å². The third kappa shape index (κ3) is 3.66. The fourth-order valence-electron chi connectivity index (χ4n) is 6.76. The topological polar surface area (TPSA) is 46.3 Å². The Morgan fingerprint density at radius 2 is 0.932 bits per heavy atom. The molecule has 2 aromatic heterocycles. The van der Waals surface area contributed by atoms with Gasteiger partial charge in [-0.25, -0.2) is 4.98 Å². The van der Waals surface area contributed by atoms with Crippen LogP contribution in [0.5, 0.6) is 5.75 Å². The van der Waals surface area contributed by atoms with Gasteiger partial charge in [-0.05, 0) is 68.2 Å². The predicted molar refractivity (Wildman–Crippen MR) is 182 cm³/mol. The standard InChI is InChI=1S/C41H25NO2/c43-39-22-9-19-31-30-17-8-18-32(40(30)44-41(31)39)33-23-34-28-15-6-7-16-29(28)36(24-35(34)27-14-5-4-13-26(27)33)38-21-10-20-37(42-38)25-11-2-1-3-12-25/h1-24,43H. The maximum absolute atomic E-state index is 10.6. The van der Waals surface area contributed by atoms with Crippen LogP contribution in [0.3, 0.4) is 0 Å². The fraction of sp³-hybridized carbons (Fsp3) is 0. The zero-order valence-electron chi connectivity index (χ0n) is 23.7. The van der Waals surface area contributed by atoms with Crippen LogP contribution in [0.1, 0.15) is 0 Å². The zero-order chi connectivity index (χ0) is 29.2. The molecule has 9 rings (SSSR count). The monoisotopic (exact) mass is 563 g/mol. The number of nitrogens with zero attached hydrogens (tertiary/aromatic N) is 1. The first kappa shape index (κ1) is 24.6. The molecular weight excluding hydrogens is 538 g/mol. The van der Waals surface area contributed by atoms with Gasteiger partial charge in [-0.3, -0.25) is 0 Å². The second kappa shape index (κ2) is 9.55. The lowest BCUT2D eigenvalue weighted by Crippen LogP contribution is -1.92. The molecule has 2 heterocycles. The van der Waals surface area contributed by atoms with Crippen molar-refractivity contribution in [2.24, 2.45) is 0 Å². The Hall–Kier alpha value is -5.93. The number of hydrogen-bond donors (Lipinski definition) is 1. The average Bonchev–Trinajstić information content (AvgIpc) is 3.48. The van der Waals surface area contributed by atoms with E-state index in [0.29, 0.717) is 5.58 Å². The number of para-hydroxylation sites is 2. The molecule has 206 valence electrons. The summed E-state index contributed by atoms with van der Waals surface area (Å²) in [5, 5.41) is 19.5. The summed E-state index contributed by atoms with van der Waals surface area (Å²) in [5.74, 6) is 0.150. The maximum Gasteiger partial charge on any atom is 0.177 e. The Kier molecular flexibility index (Phi) is 5.35. The fourth-order valence-corrected chi connectivity index (χ4v) is 6.76. The second-order valence-corrected chi connectivity index (χ2v) is 11.2. The van der Waals surface area contributed by atoms with Gasteiger partial charge in [-0.2, -0.15) is 0 Å². The molecule has 0 spiro atoms. The Bertz CT molecular complexity index is 2560. The van der Waals surface area contributed by atoms with E-state index < -0.39 is 0 Å². The minimum Gasteiger partial charge on any atom is -0.504 e. The number of pyridine rings is 1. The normalized spacial score (nSPS) is 11.7. The van der Waals surface area contributed by atoms with Gasteiger partial charge in [0, 0.05) is 27.5 Å². The average molecular weight is 564 g/mol. The highest BCUT2D eigenvalue weighted by Gasteiger charge is 2.19. The highest BCUT2D eigenvalue weighted by Crippen LogP contribution is 2.45. The van der Waals surface area contributed by atoms with Crippen molar-refractivity contribution in [2.45, 2.75) is 0 Å². The molecule has 9 aromatic rings. The summed E-state index contributed by atoms with van der Waals surface area (Å²) >= 11 is 0. The number of aromatic nitrogens is 1. The summed E-state index contributed by atoms with van der Waals surface area (Å²) in [6, 6.07) is 50.2. The van der Waals surface area contributed by atoms with E-state index in [2.05, 4.69) is 109 Å². The Labute approximate surface area is 253 Å². The van der Waals surface area contributed by atoms with Gasteiger partial charge in [0.25, 0.3) is 0 Å². The summed E-state index contributed by atoms with van der Waals surface area (Å²) in [6.07, 6.45) is 0. The molecule has 0 saturated heterocycles. The van der Waals surface area contributed by atoms with Gasteiger partial charge in [0.2, 0.25) is 0 Å². The minimum atomic E-state index is 0.150. The first-order chi connectivity index (χ1) is 21.7. The minimum absolute atomic E-state index is 0.150. The van der Waals surface area contributed by atoms with E-state index in [9.17, 15) is 5.11 Å². The molecule has 0 fully saturated rings. The molecule has 0 radical (unpaired) electrons. The van der Waals surface area contributed by atoms with Crippen LogP contribution in [0.25, 0.3) is 87.9 Å². The molecule has 3 heteroatoms. The zero-order valence-corrected chi connectivity index (χ0v) is 23.7. The van der Waals surface area contributed by atoms with Crippen LogP contribution < -0.4 is 0 Å². The van der Waals surface area contributed by atoms with Crippen molar-refractivity contribution in [3.8, 4) is 39.4 Å². The van der Waals surface area contributed by atoms with Crippen molar-refractivity contribution in [3.05, 3.63) is 146 Å². The largest absolute Gasteiger partial charge is 0.504 e. The number of phenolic OH excluding ortho intramolecular Hbond substituents is 1. The van der Waals surface area contributed by atoms with E-state index >= 15 is 0 Å². The molecular formula is C41H25NO2. The Balaban J connectivity index is 1.36. The number of fused-ring (bicyclic) bond motifs is 8. The van der Waals surface area contributed by atoms with Gasteiger partial charge < -0.3 is 9.52 Å². The van der Waals surface area contributed by atoms with Crippen LogP contribution in [0, 0.1) is 0 Å². The summed E-state index contributed by atoms with van der Waals surface area (Å²) in [5.41, 5.74) is 7.50. The van der Waals surface area contributed by atoms with Crippen LogP contribution in [0.2, 0.25) is 0 Å². The lowest BCUT2D eigenvalue weighted by molar-refractivity contribution is 0.469. The van der Waals surface area contributed by atoms with Gasteiger partial charge >= 0.3 is 0 Å². The van der Waals surface area contributed by atoms with Crippen LogP contribution in [-0.2, 0) is 0 Å². The van der Waals surface area contributed by atoms with Gasteiger partial charge in [0.1, 0.15) is 5.58 Å². The predicted octanol–water partition coefficient (Wildman–Crippen LogP) is 11.1. The molecule has 1 N–H and O–H groups in total. The lowest BCUT2D eigenvalue weighted by Gasteiger charge is -2.16. The summed E-state index contributed by atoms with van der Waals surface area (Å²) in [7, 11) is 0. The number of hydrogen-bond acceptors (Lipinski definition) is 3. The van der Waals surface area contributed by atoms with Gasteiger partial charge in [-0.15, -0.1) is 0 Å². The molecule has 7 aromatic carbocycles. The lowest BCUT2D eigenvalue weighted by atomic mass is 9.88. The SMILES string of the molecule is Oc1cccc2c1oc1c(-c3cc4c5ccccc5c(-c5cccc(-c6ccccc6)n5)cc4c4ccccc34)cccc12. The van der Waals surface area contributed by atoms with Crippen molar-refractivity contribution in [1.29, 1.82) is 0 Å². The molecule has 0 aliphatic rings. The Morgan fingerprint density at radius 1 is 0.386 bits per heavy atom. The summed E-state index contributed by atoms with van der Waals surface area (Å²) in [4.78, 5) is 5.14. The summed E-state index contributed by atoms with van der Waals surface area (Å²) in [6.45, 7) is 0.